The first-order valence-electron chi connectivity index (χ1n) is 10.0. The molecule has 2 atom stereocenters. The van der Waals surface area contributed by atoms with E-state index in [1.54, 1.807) is 0 Å². The Morgan fingerprint density at radius 2 is 1.93 bits per heavy atom. The van der Waals surface area contributed by atoms with E-state index in [1.165, 1.54) is 5.56 Å². The number of aliphatic hydroxyl groups is 1. The second kappa shape index (κ2) is 7.21. The highest BCUT2D eigenvalue weighted by molar-refractivity contribution is 5.86. The van der Waals surface area contributed by atoms with Crippen molar-refractivity contribution in [2.24, 2.45) is 5.92 Å². The fraction of sp³-hybridized carbons (Fsp3) is 0.545. The molecule has 2 aliphatic rings. The standard InChI is InChI=1S/C22H29N3O2/c1-22(2,25-11-5-6-12-25)21(27)24-14-17(20(26)15-24)13-16-9-10-23-19-8-4-3-7-18(16)19/h3-4,7-10,17,20,26H,5-6,11-15H2,1-2H3/t17-,20+/m1/s1. The Labute approximate surface area is 161 Å². The number of amides is 1. The Kier molecular flexibility index (Phi) is 4.91. The van der Waals surface area contributed by atoms with E-state index in [4.69, 9.17) is 0 Å². The Hall–Kier alpha value is -1.98. The number of β-amino-alcohol motifs (C(OH)–C–C–N with tert-alkyl or cyclic N) is 1. The molecule has 2 aromatic rings. The first kappa shape index (κ1) is 18.4. The monoisotopic (exact) mass is 367 g/mol. The number of aliphatic hydroxyl groups excluding tert-OH is 1. The largest absolute Gasteiger partial charge is 0.391 e. The average Bonchev–Trinajstić information content (AvgIpc) is 3.32. The first-order chi connectivity index (χ1) is 13.0. The van der Waals surface area contributed by atoms with Gasteiger partial charge in [-0.3, -0.25) is 14.7 Å². The molecule has 0 spiro atoms. The van der Waals surface area contributed by atoms with E-state index in [-0.39, 0.29) is 11.8 Å². The van der Waals surface area contributed by atoms with Crippen LogP contribution in [-0.2, 0) is 11.2 Å². The highest BCUT2D eigenvalue weighted by Crippen LogP contribution is 2.29. The van der Waals surface area contributed by atoms with Crippen LogP contribution in [0, 0.1) is 5.92 Å². The molecule has 27 heavy (non-hydrogen) atoms. The number of fused-ring (bicyclic) bond motifs is 1. The minimum atomic E-state index is -0.492. The van der Waals surface area contributed by atoms with Crippen LogP contribution in [0.25, 0.3) is 10.9 Å². The number of para-hydroxylation sites is 1. The zero-order valence-corrected chi connectivity index (χ0v) is 16.3. The van der Waals surface area contributed by atoms with Crippen LogP contribution in [0.15, 0.2) is 36.5 Å². The molecule has 5 nitrogen and oxygen atoms in total. The smallest absolute Gasteiger partial charge is 0.242 e. The van der Waals surface area contributed by atoms with Gasteiger partial charge in [-0.25, -0.2) is 0 Å². The van der Waals surface area contributed by atoms with E-state index in [1.807, 2.05) is 49.2 Å². The lowest BCUT2D eigenvalue weighted by molar-refractivity contribution is -0.141. The van der Waals surface area contributed by atoms with Crippen LogP contribution in [0.3, 0.4) is 0 Å². The first-order valence-corrected chi connectivity index (χ1v) is 10.0. The maximum absolute atomic E-state index is 13.2. The summed E-state index contributed by atoms with van der Waals surface area (Å²) < 4.78 is 0. The van der Waals surface area contributed by atoms with Gasteiger partial charge in [-0.15, -0.1) is 0 Å². The molecule has 1 aromatic carbocycles. The van der Waals surface area contributed by atoms with Gasteiger partial charge in [0.15, 0.2) is 0 Å². The van der Waals surface area contributed by atoms with Crippen molar-refractivity contribution in [3.05, 3.63) is 42.1 Å². The summed E-state index contributed by atoms with van der Waals surface area (Å²) in [6, 6.07) is 10.1. The van der Waals surface area contributed by atoms with Crippen LogP contribution in [0.5, 0.6) is 0 Å². The third-order valence-corrected chi connectivity index (χ3v) is 6.34. The lowest BCUT2D eigenvalue weighted by Gasteiger charge is -2.37. The summed E-state index contributed by atoms with van der Waals surface area (Å²) >= 11 is 0. The van der Waals surface area contributed by atoms with Crippen molar-refractivity contribution in [3.8, 4) is 0 Å². The van der Waals surface area contributed by atoms with Gasteiger partial charge in [-0.2, -0.15) is 0 Å². The predicted molar refractivity (Wildman–Crippen MR) is 106 cm³/mol. The van der Waals surface area contributed by atoms with E-state index < -0.39 is 11.6 Å². The lowest BCUT2D eigenvalue weighted by atomic mass is 9.94. The van der Waals surface area contributed by atoms with Crippen LogP contribution in [0.1, 0.15) is 32.3 Å². The molecular formula is C22H29N3O2. The molecule has 144 valence electrons. The number of carbonyl (C=O) groups is 1. The highest BCUT2D eigenvalue weighted by Gasteiger charge is 2.43. The molecule has 2 fully saturated rings. The molecule has 2 aliphatic heterocycles. The Bertz CT molecular complexity index is 824. The minimum absolute atomic E-state index is 0.0640. The van der Waals surface area contributed by atoms with Gasteiger partial charge in [0.25, 0.3) is 0 Å². The molecule has 1 amide bonds. The summed E-state index contributed by atoms with van der Waals surface area (Å²) in [5.41, 5.74) is 1.68. The molecule has 2 saturated heterocycles. The summed E-state index contributed by atoms with van der Waals surface area (Å²) in [5, 5.41) is 11.8. The molecule has 0 saturated carbocycles. The second-order valence-electron chi connectivity index (χ2n) is 8.48. The number of nitrogens with zero attached hydrogens (tertiary/aromatic N) is 3. The van der Waals surface area contributed by atoms with E-state index in [2.05, 4.69) is 16.0 Å². The van der Waals surface area contributed by atoms with Crippen molar-refractivity contribution in [2.75, 3.05) is 26.2 Å². The topological polar surface area (TPSA) is 56.7 Å². The number of benzene rings is 1. The van der Waals surface area contributed by atoms with Gasteiger partial charge in [0.2, 0.25) is 5.91 Å². The van der Waals surface area contributed by atoms with Gasteiger partial charge in [0.1, 0.15) is 0 Å². The van der Waals surface area contributed by atoms with Gasteiger partial charge in [-0.1, -0.05) is 18.2 Å². The summed E-state index contributed by atoms with van der Waals surface area (Å²) in [4.78, 5) is 21.8. The van der Waals surface area contributed by atoms with Crippen LogP contribution in [0.2, 0.25) is 0 Å². The zero-order chi connectivity index (χ0) is 19.0. The van der Waals surface area contributed by atoms with Crippen LogP contribution in [-0.4, -0.2) is 63.6 Å². The van der Waals surface area contributed by atoms with E-state index in [0.717, 1.165) is 43.3 Å². The number of hydrogen-bond acceptors (Lipinski definition) is 4. The summed E-state index contributed by atoms with van der Waals surface area (Å²) in [5.74, 6) is 0.208. The van der Waals surface area contributed by atoms with Gasteiger partial charge in [0.05, 0.1) is 17.2 Å². The molecule has 0 aliphatic carbocycles. The van der Waals surface area contributed by atoms with Crippen molar-refractivity contribution < 1.29 is 9.90 Å². The zero-order valence-electron chi connectivity index (χ0n) is 16.3. The number of aromatic nitrogens is 1. The van der Waals surface area contributed by atoms with Crippen LogP contribution < -0.4 is 0 Å². The second-order valence-corrected chi connectivity index (χ2v) is 8.48. The average molecular weight is 367 g/mol. The number of hydrogen-bond donors (Lipinski definition) is 1. The Morgan fingerprint density at radius 1 is 1.19 bits per heavy atom. The molecule has 4 rings (SSSR count). The Morgan fingerprint density at radius 3 is 2.70 bits per heavy atom. The van der Waals surface area contributed by atoms with Gasteiger partial charge < -0.3 is 10.0 Å². The number of rotatable bonds is 4. The van der Waals surface area contributed by atoms with Crippen molar-refractivity contribution in [1.82, 2.24) is 14.8 Å². The van der Waals surface area contributed by atoms with E-state index in [9.17, 15) is 9.90 Å². The molecular weight excluding hydrogens is 338 g/mol. The minimum Gasteiger partial charge on any atom is -0.391 e. The van der Waals surface area contributed by atoms with Crippen molar-refractivity contribution in [3.63, 3.8) is 0 Å². The maximum Gasteiger partial charge on any atom is 0.242 e. The third kappa shape index (κ3) is 3.46. The lowest BCUT2D eigenvalue weighted by Crippen LogP contribution is -2.54. The van der Waals surface area contributed by atoms with Gasteiger partial charge in [0, 0.05) is 30.6 Å². The number of pyridine rings is 1. The molecule has 1 aromatic heterocycles. The van der Waals surface area contributed by atoms with Crippen molar-refractivity contribution >= 4 is 16.8 Å². The van der Waals surface area contributed by atoms with Gasteiger partial charge in [-0.05, 0) is 63.9 Å². The molecule has 3 heterocycles. The molecule has 5 heteroatoms. The summed E-state index contributed by atoms with van der Waals surface area (Å²) in [6.07, 6.45) is 4.44. The fourth-order valence-electron chi connectivity index (χ4n) is 4.63. The SMILES string of the molecule is CC(C)(C(=O)N1C[C@@H](Cc2ccnc3ccccc23)[C@@H](O)C1)N1CCCC1. The molecule has 0 bridgehead atoms. The summed E-state index contributed by atoms with van der Waals surface area (Å²) in [6.45, 7) is 7.08. The van der Waals surface area contributed by atoms with Crippen molar-refractivity contribution in [2.45, 2.75) is 44.8 Å². The van der Waals surface area contributed by atoms with Crippen LogP contribution >= 0.6 is 0 Å². The molecule has 0 radical (unpaired) electrons. The molecule has 0 unspecified atom stereocenters. The normalized spacial score (nSPS) is 24.0. The van der Waals surface area contributed by atoms with Crippen LogP contribution in [0.4, 0.5) is 0 Å². The maximum atomic E-state index is 13.2. The molecule has 1 N–H and O–H groups in total. The van der Waals surface area contributed by atoms with Crippen molar-refractivity contribution in [1.29, 1.82) is 0 Å². The number of carbonyl (C=O) groups excluding carboxylic acids is 1. The van der Waals surface area contributed by atoms with Gasteiger partial charge >= 0.3 is 0 Å². The third-order valence-electron chi connectivity index (χ3n) is 6.34. The summed E-state index contributed by atoms with van der Waals surface area (Å²) in [7, 11) is 0. The van der Waals surface area contributed by atoms with E-state index in [0.29, 0.717) is 13.1 Å². The predicted octanol–water partition coefficient (Wildman–Crippen LogP) is 2.47. The van der Waals surface area contributed by atoms with E-state index >= 15 is 0 Å². The Balaban J connectivity index is 1.49. The quantitative estimate of drug-likeness (QED) is 0.902. The fourth-order valence-corrected chi connectivity index (χ4v) is 4.63. The number of likely N-dealkylation sites (tertiary alicyclic amines) is 2. The highest BCUT2D eigenvalue weighted by atomic mass is 16.3.